The Morgan fingerprint density at radius 2 is 1.81 bits per heavy atom. The van der Waals surface area contributed by atoms with Crippen molar-refractivity contribution in [1.29, 1.82) is 0 Å². The van der Waals surface area contributed by atoms with Gasteiger partial charge in [-0.15, -0.1) is 0 Å². The van der Waals surface area contributed by atoms with Gasteiger partial charge in [-0.1, -0.05) is 17.7 Å². The van der Waals surface area contributed by atoms with E-state index in [0.29, 0.717) is 21.9 Å². The highest BCUT2D eigenvalue weighted by Gasteiger charge is 2.50. The number of halogens is 1. The minimum absolute atomic E-state index is 0.591. The first kappa shape index (κ1) is 19.8. The highest BCUT2D eigenvalue weighted by molar-refractivity contribution is 6.33. The van der Waals surface area contributed by atoms with Gasteiger partial charge >= 0.3 is 0 Å². The number of hydrogen-bond donors (Lipinski definition) is 1. The number of nitrogens with one attached hydrogen (secondary N) is 1. The first-order valence-corrected chi connectivity index (χ1v) is 10.1. The number of likely N-dealkylation sites (tertiary alicyclic amines) is 1. The molecule has 1 saturated carbocycles. The van der Waals surface area contributed by atoms with Crippen molar-refractivity contribution >= 4 is 17.9 Å². The van der Waals surface area contributed by atoms with E-state index in [1.165, 1.54) is 57.4 Å². The van der Waals surface area contributed by atoms with Crippen LogP contribution in [-0.2, 0) is 0 Å². The highest BCUT2D eigenvalue weighted by atomic mass is 35.5. The van der Waals surface area contributed by atoms with Crippen LogP contribution >= 0.6 is 11.6 Å². The quantitative estimate of drug-likeness (QED) is 0.820. The Hall–Kier alpha value is -0.940. The van der Waals surface area contributed by atoms with Crippen molar-refractivity contribution < 1.29 is 4.79 Å². The fraction of sp³-hybridized carbons (Fsp3) is 0.667. The summed E-state index contributed by atoms with van der Waals surface area (Å²) in [6.45, 7) is 4.88. The smallest absolute Gasteiger partial charge is 0.151 e. The van der Waals surface area contributed by atoms with E-state index >= 15 is 0 Å². The zero-order chi connectivity index (χ0) is 18.7. The summed E-state index contributed by atoms with van der Waals surface area (Å²) in [4.78, 5) is 15.6. The molecule has 3 fully saturated rings. The molecule has 1 N–H and O–H groups in total. The number of hydrogen-bond acceptors (Lipinski definition) is 4. The topological polar surface area (TPSA) is 35.6 Å². The van der Waals surface area contributed by atoms with Crippen LogP contribution in [-0.4, -0.2) is 69.4 Å². The molecule has 0 amide bonds. The normalized spacial score (nSPS) is 23.1. The second-order valence-corrected chi connectivity index (χ2v) is 9.12. The third kappa shape index (κ3) is 4.48. The van der Waals surface area contributed by atoms with Crippen molar-refractivity contribution in [3.05, 3.63) is 34.3 Å². The van der Waals surface area contributed by atoms with Gasteiger partial charge in [0.1, 0.15) is 0 Å². The summed E-state index contributed by atoms with van der Waals surface area (Å²) < 4.78 is 0. The number of piperidine rings is 1. The summed E-state index contributed by atoms with van der Waals surface area (Å²) in [7, 11) is 6.00. The van der Waals surface area contributed by atoms with Gasteiger partial charge in [0.2, 0.25) is 0 Å². The number of carbonyl (C=O) groups is 1. The molecule has 4 nitrogen and oxygen atoms in total. The van der Waals surface area contributed by atoms with Crippen LogP contribution in [0.4, 0.5) is 0 Å². The summed E-state index contributed by atoms with van der Waals surface area (Å²) in [5.74, 6) is 0.592. The molecule has 1 aliphatic carbocycles. The lowest BCUT2D eigenvalue weighted by Crippen LogP contribution is -2.65. The van der Waals surface area contributed by atoms with E-state index in [2.05, 4.69) is 16.3 Å². The predicted octanol–water partition coefficient (Wildman–Crippen LogP) is 3.26. The molecular weight excluding hydrogens is 346 g/mol. The van der Waals surface area contributed by atoms with E-state index in [-0.39, 0.29) is 0 Å². The third-order valence-corrected chi connectivity index (χ3v) is 6.33. The fourth-order valence-corrected chi connectivity index (χ4v) is 4.69. The van der Waals surface area contributed by atoms with E-state index in [0.717, 1.165) is 12.3 Å². The van der Waals surface area contributed by atoms with Gasteiger partial charge < -0.3 is 15.1 Å². The first-order valence-electron chi connectivity index (χ1n) is 9.73. The molecule has 26 heavy (non-hydrogen) atoms. The molecule has 1 spiro atoms. The largest absolute Gasteiger partial charge is 0.316 e. The van der Waals surface area contributed by atoms with Crippen molar-refractivity contribution in [1.82, 2.24) is 15.1 Å². The Kier molecular flexibility index (Phi) is 6.39. The Bertz CT molecular complexity index is 611. The number of rotatable bonds is 3. The molecule has 0 radical (unpaired) electrons. The Morgan fingerprint density at radius 3 is 2.27 bits per heavy atom. The lowest BCUT2D eigenvalue weighted by atomic mass is 9.61. The zero-order valence-electron chi connectivity index (χ0n) is 16.3. The minimum Gasteiger partial charge on any atom is -0.316 e. The zero-order valence-corrected chi connectivity index (χ0v) is 17.1. The van der Waals surface area contributed by atoms with Crippen LogP contribution in [0.25, 0.3) is 0 Å². The van der Waals surface area contributed by atoms with Crippen molar-refractivity contribution in [2.75, 3.05) is 47.3 Å². The third-order valence-electron chi connectivity index (χ3n) is 6.01. The average Bonchev–Trinajstić information content (AvgIpc) is 2.52. The van der Waals surface area contributed by atoms with Gasteiger partial charge in [-0.05, 0) is 88.9 Å². The molecular formula is C21H32ClN3O. The Labute approximate surface area is 162 Å². The van der Waals surface area contributed by atoms with Gasteiger partial charge in [0.05, 0.1) is 5.02 Å². The van der Waals surface area contributed by atoms with Gasteiger partial charge in [-0.25, -0.2) is 0 Å². The van der Waals surface area contributed by atoms with Crippen LogP contribution in [0, 0.1) is 5.41 Å². The first-order chi connectivity index (χ1) is 12.4. The van der Waals surface area contributed by atoms with Gasteiger partial charge in [0.25, 0.3) is 0 Å². The van der Waals surface area contributed by atoms with Gasteiger partial charge in [0, 0.05) is 24.7 Å². The van der Waals surface area contributed by atoms with E-state index < -0.39 is 0 Å². The maximum absolute atomic E-state index is 10.9. The Morgan fingerprint density at radius 1 is 1.19 bits per heavy atom. The lowest BCUT2D eigenvalue weighted by Gasteiger charge is -2.58. The molecule has 2 aliphatic heterocycles. The molecule has 0 aromatic heterocycles. The standard InChI is InChI=1S/C18H23ClN2O.C3H9N/c19-17-7-14(1-2-15(17)10-22)13-3-5-21(6-4-13)16-8-18(9-16)11-20-12-18;1-4(2)3/h1-2,7,10,13,16,20H,3-6,8-9,11-12H2;1-3H3. The number of nitrogens with zero attached hydrogens (tertiary/aromatic N) is 2. The van der Waals surface area contributed by atoms with Crippen molar-refractivity contribution in [2.24, 2.45) is 5.41 Å². The molecule has 1 aromatic rings. The lowest BCUT2D eigenvalue weighted by molar-refractivity contribution is -0.0432. The molecule has 3 aliphatic rings. The van der Waals surface area contributed by atoms with Crippen molar-refractivity contribution in [3.63, 3.8) is 0 Å². The fourth-order valence-electron chi connectivity index (χ4n) is 4.46. The second-order valence-electron chi connectivity index (χ2n) is 8.72. The summed E-state index contributed by atoms with van der Waals surface area (Å²) in [5.41, 5.74) is 2.56. The van der Waals surface area contributed by atoms with Crippen LogP contribution < -0.4 is 5.32 Å². The van der Waals surface area contributed by atoms with Crippen LogP contribution in [0.3, 0.4) is 0 Å². The van der Waals surface area contributed by atoms with Crippen molar-refractivity contribution in [3.8, 4) is 0 Å². The van der Waals surface area contributed by atoms with Crippen LogP contribution in [0.2, 0.25) is 5.02 Å². The molecule has 5 heteroatoms. The summed E-state index contributed by atoms with van der Waals surface area (Å²) >= 11 is 6.17. The SMILES string of the molecule is CN(C)C.O=Cc1ccc(C2CCN(C3CC4(CNC4)C3)CC2)cc1Cl. The molecule has 0 atom stereocenters. The number of aldehydes is 1. The van der Waals surface area contributed by atoms with Crippen molar-refractivity contribution in [2.45, 2.75) is 37.6 Å². The molecule has 1 aromatic carbocycles. The predicted molar refractivity (Wildman–Crippen MR) is 108 cm³/mol. The van der Waals surface area contributed by atoms with Gasteiger partial charge in [-0.2, -0.15) is 0 Å². The van der Waals surface area contributed by atoms with Crippen LogP contribution in [0.15, 0.2) is 18.2 Å². The molecule has 2 saturated heterocycles. The highest BCUT2D eigenvalue weighted by Crippen LogP contribution is 2.47. The van der Waals surface area contributed by atoms with Gasteiger partial charge in [-0.3, -0.25) is 4.79 Å². The van der Waals surface area contributed by atoms with E-state index in [1.54, 1.807) is 0 Å². The summed E-state index contributed by atoms with van der Waals surface area (Å²) in [6, 6.07) is 6.75. The summed E-state index contributed by atoms with van der Waals surface area (Å²) in [6.07, 6.45) is 6.03. The van der Waals surface area contributed by atoms with E-state index in [1.807, 2.05) is 38.2 Å². The Balaban J connectivity index is 0.000000447. The van der Waals surface area contributed by atoms with Gasteiger partial charge in [0.15, 0.2) is 6.29 Å². The van der Waals surface area contributed by atoms with Crippen LogP contribution in [0.5, 0.6) is 0 Å². The molecule has 0 unspecified atom stereocenters. The minimum atomic E-state index is 0.591. The molecule has 144 valence electrons. The molecule has 2 heterocycles. The van der Waals surface area contributed by atoms with Crippen LogP contribution in [0.1, 0.15) is 47.5 Å². The molecule has 4 rings (SSSR count). The number of carbonyl (C=O) groups excluding carboxylic acids is 1. The van der Waals surface area contributed by atoms with E-state index in [4.69, 9.17) is 11.6 Å². The maximum atomic E-state index is 10.9. The monoisotopic (exact) mass is 377 g/mol. The summed E-state index contributed by atoms with van der Waals surface area (Å²) in [5, 5.41) is 4.01. The average molecular weight is 378 g/mol. The molecule has 0 bridgehead atoms. The van der Waals surface area contributed by atoms with E-state index in [9.17, 15) is 4.79 Å². The number of benzene rings is 1. The second kappa shape index (κ2) is 8.39. The maximum Gasteiger partial charge on any atom is 0.151 e.